The van der Waals surface area contributed by atoms with Crippen LogP contribution in [0.5, 0.6) is 0 Å². The second kappa shape index (κ2) is 3.02. The van der Waals surface area contributed by atoms with Crippen molar-refractivity contribution < 1.29 is 0 Å². The molecule has 2 N–H and O–H groups in total. The molecule has 1 aromatic rings. The van der Waals surface area contributed by atoms with Crippen LogP contribution >= 0.6 is 12.2 Å². The number of H-pyrrole nitrogens is 2. The van der Waals surface area contributed by atoms with Crippen LogP contribution in [0.25, 0.3) is 0 Å². The summed E-state index contributed by atoms with van der Waals surface area (Å²) in [6, 6.07) is 0. The number of hydrogen-bond donors (Lipinski definition) is 2. The SMILES string of the molecule is S=c1[nH]cc[nH]1.[Se]. The summed E-state index contributed by atoms with van der Waals surface area (Å²) >= 11 is 4.63. The molecule has 0 aliphatic carbocycles. The molecule has 1 heterocycles. The van der Waals surface area contributed by atoms with Crippen molar-refractivity contribution in [1.82, 2.24) is 9.97 Å². The molecule has 38 valence electrons. The van der Waals surface area contributed by atoms with Crippen molar-refractivity contribution in [1.29, 1.82) is 0 Å². The third kappa shape index (κ3) is 1.92. The molecule has 2 radical (unpaired) electrons. The van der Waals surface area contributed by atoms with Gasteiger partial charge in [-0.1, -0.05) is 0 Å². The Labute approximate surface area is 56.8 Å². The van der Waals surface area contributed by atoms with E-state index in [0.717, 1.165) is 0 Å². The molecular weight excluding hydrogens is 175 g/mol. The van der Waals surface area contributed by atoms with Gasteiger partial charge in [-0.3, -0.25) is 0 Å². The van der Waals surface area contributed by atoms with Crippen LogP contribution in [-0.2, 0) is 0 Å². The van der Waals surface area contributed by atoms with Gasteiger partial charge in [0.2, 0.25) is 0 Å². The van der Waals surface area contributed by atoms with Gasteiger partial charge in [0.1, 0.15) is 0 Å². The predicted octanol–water partition coefficient (Wildman–Crippen LogP) is 0.691. The maximum Gasteiger partial charge on any atom is 0.174 e. The average molecular weight is 179 g/mol. The van der Waals surface area contributed by atoms with Gasteiger partial charge in [0.05, 0.1) is 0 Å². The van der Waals surface area contributed by atoms with Gasteiger partial charge >= 0.3 is 0 Å². The largest absolute Gasteiger partial charge is 0.338 e. The van der Waals surface area contributed by atoms with Gasteiger partial charge in [-0.05, 0) is 12.2 Å². The minimum absolute atomic E-state index is 0. The van der Waals surface area contributed by atoms with Gasteiger partial charge in [0, 0.05) is 29.5 Å². The van der Waals surface area contributed by atoms with Crippen LogP contribution in [0.4, 0.5) is 0 Å². The van der Waals surface area contributed by atoms with Crippen molar-refractivity contribution in [3.63, 3.8) is 0 Å². The van der Waals surface area contributed by atoms with E-state index >= 15 is 0 Å². The molecule has 0 aliphatic rings. The fourth-order valence-corrected chi connectivity index (χ4v) is 0.412. The van der Waals surface area contributed by atoms with Crippen LogP contribution in [-0.4, -0.2) is 27.0 Å². The van der Waals surface area contributed by atoms with Crippen molar-refractivity contribution in [2.75, 3.05) is 0 Å². The van der Waals surface area contributed by atoms with Gasteiger partial charge in [-0.25, -0.2) is 0 Å². The molecule has 1 aromatic heterocycles. The van der Waals surface area contributed by atoms with E-state index in [2.05, 4.69) is 22.2 Å². The summed E-state index contributed by atoms with van der Waals surface area (Å²) in [5.41, 5.74) is 0. The smallest absolute Gasteiger partial charge is 0.174 e. The van der Waals surface area contributed by atoms with Crippen LogP contribution in [0.3, 0.4) is 0 Å². The molecule has 0 bridgehead atoms. The van der Waals surface area contributed by atoms with Gasteiger partial charge in [-0.15, -0.1) is 0 Å². The quantitative estimate of drug-likeness (QED) is 0.445. The summed E-state index contributed by atoms with van der Waals surface area (Å²) in [5, 5.41) is 0. The van der Waals surface area contributed by atoms with Crippen LogP contribution in [0.2, 0.25) is 0 Å². The van der Waals surface area contributed by atoms with E-state index in [1.165, 1.54) is 0 Å². The Morgan fingerprint density at radius 1 is 1.29 bits per heavy atom. The second-order valence-corrected chi connectivity index (χ2v) is 1.36. The van der Waals surface area contributed by atoms with E-state index in [4.69, 9.17) is 0 Å². The zero-order valence-corrected chi connectivity index (χ0v) is 6.00. The van der Waals surface area contributed by atoms with Crippen LogP contribution in [0.15, 0.2) is 12.4 Å². The summed E-state index contributed by atoms with van der Waals surface area (Å²) in [6.07, 6.45) is 3.50. The fraction of sp³-hybridized carbons (Fsp3) is 0. The molecule has 4 heteroatoms. The molecule has 0 aromatic carbocycles. The summed E-state index contributed by atoms with van der Waals surface area (Å²) in [5.74, 6) is 0. The molecule has 0 saturated heterocycles. The topological polar surface area (TPSA) is 31.6 Å². The monoisotopic (exact) mass is 180 g/mol. The third-order valence-corrected chi connectivity index (χ3v) is 0.748. The number of aromatic amines is 2. The van der Waals surface area contributed by atoms with E-state index < -0.39 is 0 Å². The number of imidazole rings is 1. The standard InChI is InChI=1S/C3H4N2S.Se/c6-3-4-1-2-5-3;/h1-2H,(H2,4,5,6);. The Morgan fingerprint density at radius 2 is 1.71 bits per heavy atom. The number of hydrogen-bond acceptors (Lipinski definition) is 1. The van der Waals surface area contributed by atoms with Crippen molar-refractivity contribution >= 4 is 29.3 Å². The third-order valence-electron chi connectivity index (χ3n) is 0.512. The minimum Gasteiger partial charge on any atom is -0.338 e. The zero-order valence-electron chi connectivity index (χ0n) is 3.47. The maximum atomic E-state index is 4.63. The Hall–Kier alpha value is -0.0505. The molecule has 7 heavy (non-hydrogen) atoms. The minimum atomic E-state index is 0. The molecule has 0 unspecified atom stereocenters. The molecule has 1 rings (SSSR count). The molecule has 0 spiro atoms. The molecule has 0 atom stereocenters. The van der Waals surface area contributed by atoms with E-state index in [0.29, 0.717) is 4.77 Å². The van der Waals surface area contributed by atoms with E-state index in [-0.39, 0.29) is 17.1 Å². The maximum absolute atomic E-state index is 4.63. The Morgan fingerprint density at radius 3 is 1.86 bits per heavy atom. The summed E-state index contributed by atoms with van der Waals surface area (Å²) in [4.78, 5) is 5.52. The second-order valence-electron chi connectivity index (χ2n) is 0.951. The van der Waals surface area contributed by atoms with Crippen LogP contribution < -0.4 is 0 Å². The van der Waals surface area contributed by atoms with E-state index in [1.807, 2.05) is 0 Å². The first kappa shape index (κ1) is 6.95. The Bertz CT molecular complexity index is 151. The molecule has 2 nitrogen and oxygen atoms in total. The van der Waals surface area contributed by atoms with Gasteiger partial charge < -0.3 is 9.97 Å². The zero-order chi connectivity index (χ0) is 4.41. The van der Waals surface area contributed by atoms with Gasteiger partial charge in [0.15, 0.2) is 4.77 Å². The van der Waals surface area contributed by atoms with Crippen molar-refractivity contribution in [2.45, 2.75) is 0 Å². The molecular formula is C3H4N2SSe. The molecule has 0 aliphatic heterocycles. The van der Waals surface area contributed by atoms with E-state index in [1.54, 1.807) is 12.4 Å². The first-order chi connectivity index (χ1) is 2.89. The number of aromatic nitrogens is 2. The van der Waals surface area contributed by atoms with Crippen LogP contribution in [0, 0.1) is 4.77 Å². The van der Waals surface area contributed by atoms with E-state index in [9.17, 15) is 0 Å². The molecule has 0 fully saturated rings. The Kier molecular flexibility index (Phi) is 3.00. The average Bonchev–Trinajstić information content (AvgIpc) is 1.86. The summed E-state index contributed by atoms with van der Waals surface area (Å²) < 4.78 is 0.676. The van der Waals surface area contributed by atoms with Crippen molar-refractivity contribution in [3.8, 4) is 0 Å². The normalized spacial score (nSPS) is 7.43. The van der Waals surface area contributed by atoms with Gasteiger partial charge in [-0.2, -0.15) is 0 Å². The van der Waals surface area contributed by atoms with Gasteiger partial charge in [0.25, 0.3) is 0 Å². The summed E-state index contributed by atoms with van der Waals surface area (Å²) in [6.45, 7) is 0. The Balaban J connectivity index is 0.000000360. The van der Waals surface area contributed by atoms with Crippen molar-refractivity contribution in [3.05, 3.63) is 17.2 Å². The predicted molar refractivity (Wildman–Crippen MR) is 31.7 cm³/mol. The number of rotatable bonds is 0. The number of nitrogens with one attached hydrogen (secondary N) is 2. The summed E-state index contributed by atoms with van der Waals surface area (Å²) in [7, 11) is 0. The van der Waals surface area contributed by atoms with Crippen molar-refractivity contribution in [2.24, 2.45) is 0 Å². The fourth-order valence-electron chi connectivity index (χ4n) is 0.276. The molecule has 0 amide bonds. The van der Waals surface area contributed by atoms with Crippen LogP contribution in [0.1, 0.15) is 0 Å². The first-order valence-electron chi connectivity index (χ1n) is 1.61. The molecule has 0 saturated carbocycles. The first-order valence-corrected chi connectivity index (χ1v) is 2.02.